The van der Waals surface area contributed by atoms with Gasteiger partial charge in [0.1, 0.15) is 11.6 Å². The predicted octanol–water partition coefficient (Wildman–Crippen LogP) is 6.23. The molecule has 4 rings (SSSR count). The number of rotatable bonds is 2. The summed E-state index contributed by atoms with van der Waals surface area (Å²) >= 11 is 9.14. The molecular formula is C19H9BrClFN2O4. The van der Waals surface area contributed by atoms with E-state index >= 15 is 0 Å². The van der Waals surface area contributed by atoms with E-state index in [4.69, 9.17) is 16.3 Å². The number of carbonyl (C=O) groups is 1. The molecule has 0 aliphatic carbocycles. The van der Waals surface area contributed by atoms with Crippen molar-refractivity contribution in [1.29, 1.82) is 0 Å². The maximum absolute atomic E-state index is 14.7. The van der Waals surface area contributed by atoms with Crippen LogP contribution in [0.2, 0.25) is 5.02 Å². The molecular weight excluding hydrogens is 455 g/mol. The molecule has 0 saturated heterocycles. The molecule has 0 spiro atoms. The number of benzene rings is 3. The van der Waals surface area contributed by atoms with E-state index in [-0.39, 0.29) is 39.1 Å². The van der Waals surface area contributed by atoms with E-state index in [0.29, 0.717) is 4.47 Å². The summed E-state index contributed by atoms with van der Waals surface area (Å²) in [4.78, 5) is 25.0. The molecule has 0 radical (unpaired) electrons. The molecule has 1 heterocycles. The van der Waals surface area contributed by atoms with Crippen LogP contribution in [0.5, 0.6) is 11.5 Å². The van der Waals surface area contributed by atoms with Crippen molar-refractivity contribution in [2.45, 2.75) is 0 Å². The molecule has 3 aromatic carbocycles. The van der Waals surface area contributed by atoms with Gasteiger partial charge in [0.25, 0.3) is 11.6 Å². The van der Waals surface area contributed by atoms with E-state index in [9.17, 15) is 19.3 Å². The van der Waals surface area contributed by atoms with Crippen LogP contribution in [0.3, 0.4) is 0 Å². The van der Waals surface area contributed by atoms with Crippen LogP contribution >= 0.6 is 27.5 Å². The first-order valence-electron chi connectivity index (χ1n) is 7.90. The lowest BCUT2D eigenvalue weighted by Crippen LogP contribution is -2.26. The van der Waals surface area contributed by atoms with E-state index in [1.165, 1.54) is 30.3 Å². The first-order chi connectivity index (χ1) is 13.3. The van der Waals surface area contributed by atoms with Crippen LogP contribution in [0.25, 0.3) is 0 Å². The topological polar surface area (TPSA) is 72.7 Å². The fourth-order valence-corrected chi connectivity index (χ4v) is 3.41. The molecule has 9 heteroatoms. The average Bonchev–Trinajstić information content (AvgIpc) is 2.76. The summed E-state index contributed by atoms with van der Waals surface area (Å²) in [5.74, 6) is -1.02. The van der Waals surface area contributed by atoms with Crippen LogP contribution in [-0.4, -0.2) is 10.8 Å². The Labute approximate surface area is 171 Å². The maximum atomic E-state index is 14.7. The molecule has 0 fully saturated rings. The summed E-state index contributed by atoms with van der Waals surface area (Å²) < 4.78 is 21.1. The lowest BCUT2D eigenvalue weighted by molar-refractivity contribution is -0.384. The summed E-state index contributed by atoms with van der Waals surface area (Å²) in [7, 11) is 0. The van der Waals surface area contributed by atoms with Gasteiger partial charge >= 0.3 is 0 Å². The molecule has 28 heavy (non-hydrogen) atoms. The first-order valence-corrected chi connectivity index (χ1v) is 9.07. The third-order valence-corrected chi connectivity index (χ3v) is 4.87. The number of hydrogen-bond donors (Lipinski definition) is 0. The highest BCUT2D eigenvalue weighted by Gasteiger charge is 2.32. The Bertz CT molecular complexity index is 1150. The van der Waals surface area contributed by atoms with Crippen LogP contribution in [0.15, 0.2) is 59.1 Å². The number of amides is 1. The van der Waals surface area contributed by atoms with E-state index in [1.54, 1.807) is 18.2 Å². The van der Waals surface area contributed by atoms with Crippen molar-refractivity contribution in [2.75, 3.05) is 4.90 Å². The quantitative estimate of drug-likeness (QED) is 0.333. The van der Waals surface area contributed by atoms with Crippen molar-refractivity contribution < 1.29 is 18.8 Å². The molecule has 0 unspecified atom stereocenters. The summed E-state index contributed by atoms with van der Waals surface area (Å²) in [6.07, 6.45) is 0. The van der Waals surface area contributed by atoms with Gasteiger partial charge in [0.15, 0.2) is 5.75 Å². The number of nitrogens with zero attached hydrogens (tertiary/aromatic N) is 2. The molecule has 0 aromatic heterocycles. The van der Waals surface area contributed by atoms with Crippen molar-refractivity contribution >= 4 is 50.5 Å². The van der Waals surface area contributed by atoms with Crippen molar-refractivity contribution in [2.24, 2.45) is 0 Å². The number of anilines is 2. The molecule has 3 aromatic rings. The van der Waals surface area contributed by atoms with Crippen LogP contribution in [0, 0.1) is 15.9 Å². The minimum Gasteiger partial charge on any atom is -0.454 e. The standard InChI is InChI=1S/C19H9BrClFN2O4/c20-10-1-6-17-13(7-10)19(25)23(15-4-2-11(21)8-14(15)22)16-5-3-12(24(26)27)9-18(16)28-17/h1-9H. The fraction of sp³-hybridized carbons (Fsp3) is 0. The number of non-ortho nitro benzene ring substituents is 1. The Balaban J connectivity index is 2.00. The van der Waals surface area contributed by atoms with Crippen LogP contribution in [-0.2, 0) is 0 Å². The van der Waals surface area contributed by atoms with Gasteiger partial charge in [-0.05, 0) is 42.5 Å². The van der Waals surface area contributed by atoms with E-state index in [2.05, 4.69) is 15.9 Å². The molecule has 140 valence electrons. The van der Waals surface area contributed by atoms with Gasteiger partial charge in [-0.1, -0.05) is 27.5 Å². The van der Waals surface area contributed by atoms with Crippen LogP contribution < -0.4 is 9.64 Å². The third kappa shape index (κ3) is 3.10. The number of ether oxygens (including phenoxy) is 1. The van der Waals surface area contributed by atoms with Crippen LogP contribution in [0.1, 0.15) is 10.4 Å². The number of carbonyl (C=O) groups excluding carboxylic acids is 1. The molecule has 6 nitrogen and oxygen atoms in total. The second kappa shape index (κ2) is 6.88. The first kappa shape index (κ1) is 18.4. The number of hydrogen-bond acceptors (Lipinski definition) is 4. The minimum atomic E-state index is -0.719. The van der Waals surface area contributed by atoms with Gasteiger partial charge in [-0.2, -0.15) is 0 Å². The van der Waals surface area contributed by atoms with Gasteiger partial charge < -0.3 is 4.74 Å². The zero-order valence-electron chi connectivity index (χ0n) is 13.9. The van der Waals surface area contributed by atoms with Crippen molar-refractivity contribution in [3.05, 3.63) is 85.6 Å². The second-order valence-electron chi connectivity index (χ2n) is 5.89. The van der Waals surface area contributed by atoms with Gasteiger partial charge in [-0.15, -0.1) is 0 Å². The number of nitro benzene ring substituents is 1. The van der Waals surface area contributed by atoms with Gasteiger partial charge in [-0.3, -0.25) is 19.8 Å². The zero-order chi connectivity index (χ0) is 20.0. The Kier molecular flexibility index (Phi) is 4.52. The summed E-state index contributed by atoms with van der Waals surface area (Å²) in [5.41, 5.74) is 0.0657. The molecule has 0 N–H and O–H groups in total. The summed E-state index contributed by atoms with van der Waals surface area (Å²) in [6, 6.07) is 12.4. The average molecular weight is 464 g/mol. The smallest absolute Gasteiger partial charge is 0.273 e. The highest BCUT2D eigenvalue weighted by Crippen LogP contribution is 2.45. The molecule has 1 aliphatic rings. The highest BCUT2D eigenvalue weighted by atomic mass is 79.9. The predicted molar refractivity (Wildman–Crippen MR) is 105 cm³/mol. The number of halogens is 3. The Hall–Kier alpha value is -2.97. The molecule has 1 amide bonds. The van der Waals surface area contributed by atoms with Gasteiger partial charge in [-0.25, -0.2) is 4.39 Å². The van der Waals surface area contributed by atoms with Crippen molar-refractivity contribution in [3.8, 4) is 11.5 Å². The van der Waals surface area contributed by atoms with E-state index in [0.717, 1.165) is 11.0 Å². The largest absolute Gasteiger partial charge is 0.454 e. The van der Waals surface area contributed by atoms with Crippen LogP contribution in [0.4, 0.5) is 21.5 Å². The Morgan fingerprint density at radius 2 is 1.79 bits per heavy atom. The van der Waals surface area contributed by atoms with Gasteiger partial charge in [0.2, 0.25) is 0 Å². The van der Waals surface area contributed by atoms with Gasteiger partial charge in [0, 0.05) is 15.6 Å². The second-order valence-corrected chi connectivity index (χ2v) is 7.24. The van der Waals surface area contributed by atoms with Crippen molar-refractivity contribution in [1.82, 2.24) is 0 Å². The Morgan fingerprint density at radius 3 is 2.50 bits per heavy atom. The lowest BCUT2D eigenvalue weighted by Gasteiger charge is -2.22. The Morgan fingerprint density at radius 1 is 1.04 bits per heavy atom. The monoisotopic (exact) mass is 462 g/mol. The molecule has 0 atom stereocenters. The number of nitro groups is 1. The molecule has 0 saturated carbocycles. The summed E-state index contributed by atoms with van der Waals surface area (Å²) in [5, 5.41) is 11.3. The minimum absolute atomic E-state index is 0.0537. The number of fused-ring (bicyclic) bond motifs is 2. The molecule has 1 aliphatic heterocycles. The molecule has 0 bridgehead atoms. The van der Waals surface area contributed by atoms with E-state index < -0.39 is 16.6 Å². The SMILES string of the molecule is O=C1c2cc(Br)ccc2Oc2cc([N+](=O)[O-])ccc2N1c1ccc(Cl)cc1F. The fourth-order valence-electron chi connectivity index (χ4n) is 2.89. The zero-order valence-corrected chi connectivity index (χ0v) is 16.2. The maximum Gasteiger partial charge on any atom is 0.273 e. The highest BCUT2D eigenvalue weighted by molar-refractivity contribution is 9.10. The van der Waals surface area contributed by atoms with Gasteiger partial charge in [0.05, 0.1) is 27.9 Å². The summed E-state index contributed by atoms with van der Waals surface area (Å²) in [6.45, 7) is 0. The lowest BCUT2D eigenvalue weighted by atomic mass is 10.1. The normalized spacial score (nSPS) is 12.7. The van der Waals surface area contributed by atoms with Crippen molar-refractivity contribution in [3.63, 3.8) is 0 Å². The third-order valence-electron chi connectivity index (χ3n) is 4.14. The van der Waals surface area contributed by atoms with E-state index in [1.807, 2.05) is 0 Å².